The molecule has 1 aliphatic rings. The van der Waals surface area contributed by atoms with Gasteiger partial charge < -0.3 is 15.2 Å². The van der Waals surface area contributed by atoms with Gasteiger partial charge in [0, 0.05) is 36.1 Å². The molecule has 4 nitrogen and oxygen atoms in total. The molecule has 0 saturated carbocycles. The van der Waals surface area contributed by atoms with Gasteiger partial charge in [-0.1, -0.05) is 6.92 Å². The van der Waals surface area contributed by atoms with E-state index in [9.17, 15) is 0 Å². The van der Waals surface area contributed by atoms with Crippen molar-refractivity contribution in [2.75, 3.05) is 0 Å². The Morgan fingerprint density at radius 2 is 1.95 bits per heavy atom. The van der Waals surface area contributed by atoms with E-state index in [1.54, 1.807) is 0 Å². The number of nitrogens with zero attached hydrogens (tertiary/aromatic N) is 2. The zero-order valence-corrected chi connectivity index (χ0v) is 13.7. The molecule has 0 unspecified atom stereocenters. The van der Waals surface area contributed by atoms with Crippen LogP contribution in [-0.4, -0.2) is 26.7 Å². The fourth-order valence-corrected chi connectivity index (χ4v) is 3.65. The molecule has 0 bridgehead atoms. The van der Waals surface area contributed by atoms with Crippen molar-refractivity contribution in [2.24, 2.45) is 0 Å². The van der Waals surface area contributed by atoms with E-state index in [-0.39, 0.29) is 11.1 Å². The van der Waals surface area contributed by atoms with Crippen LogP contribution in [0.3, 0.4) is 0 Å². The van der Waals surface area contributed by atoms with Crippen LogP contribution in [0.4, 0.5) is 0 Å². The smallest absolute Gasteiger partial charge is 0.122 e. The molecule has 0 amide bonds. The predicted molar refractivity (Wildman–Crippen MR) is 83.7 cm³/mol. The molecule has 2 N–H and O–H groups in total. The monoisotopic (exact) mass is 278 g/mol. The van der Waals surface area contributed by atoms with Crippen LogP contribution in [0.5, 0.6) is 0 Å². The fraction of sp³-hybridized carbons (Fsp3) is 0.812. The van der Waals surface area contributed by atoms with Gasteiger partial charge in [-0.2, -0.15) is 0 Å². The quantitative estimate of drug-likeness (QED) is 0.870. The van der Waals surface area contributed by atoms with Crippen LogP contribution in [0.15, 0.2) is 12.4 Å². The highest BCUT2D eigenvalue weighted by Gasteiger charge is 2.37. The van der Waals surface area contributed by atoms with Crippen LogP contribution >= 0.6 is 0 Å². The maximum atomic E-state index is 4.48. The van der Waals surface area contributed by atoms with Crippen molar-refractivity contribution in [1.29, 1.82) is 0 Å². The van der Waals surface area contributed by atoms with Gasteiger partial charge in [-0.3, -0.25) is 0 Å². The summed E-state index contributed by atoms with van der Waals surface area (Å²) in [6.07, 6.45) is 7.45. The lowest BCUT2D eigenvalue weighted by molar-refractivity contribution is 0.145. The van der Waals surface area contributed by atoms with Crippen LogP contribution in [0.25, 0.3) is 0 Å². The highest BCUT2D eigenvalue weighted by atomic mass is 15.1. The third kappa shape index (κ3) is 4.06. The minimum absolute atomic E-state index is 0.193. The summed E-state index contributed by atoms with van der Waals surface area (Å²) in [6, 6.07) is 0.549. The van der Waals surface area contributed by atoms with Crippen molar-refractivity contribution >= 4 is 0 Å². The zero-order chi connectivity index (χ0) is 14.8. The van der Waals surface area contributed by atoms with Crippen LogP contribution in [0.1, 0.15) is 59.7 Å². The number of hydrogen-bond acceptors (Lipinski definition) is 3. The molecule has 0 radical (unpaired) electrons. The zero-order valence-electron chi connectivity index (χ0n) is 13.7. The number of hydrogen-bond donors (Lipinski definition) is 2. The number of piperidine rings is 1. The van der Waals surface area contributed by atoms with Crippen LogP contribution < -0.4 is 10.6 Å². The fourth-order valence-electron chi connectivity index (χ4n) is 3.65. The Hall–Kier alpha value is -0.870. The first-order valence-electron chi connectivity index (χ1n) is 7.84. The molecule has 0 aliphatic carbocycles. The Labute approximate surface area is 123 Å². The Kier molecular flexibility index (Phi) is 4.55. The van der Waals surface area contributed by atoms with Crippen molar-refractivity contribution in [1.82, 2.24) is 20.2 Å². The highest BCUT2D eigenvalue weighted by Crippen LogP contribution is 2.28. The van der Waals surface area contributed by atoms with E-state index < -0.39 is 0 Å². The van der Waals surface area contributed by atoms with Crippen LogP contribution in [0, 0.1) is 0 Å². The molecule has 2 heterocycles. The SMILES string of the molecule is CCCn1ccnc1CNC1CC(C)(C)NC(C)(C)C1. The summed E-state index contributed by atoms with van der Waals surface area (Å²) in [5.41, 5.74) is 0.385. The van der Waals surface area contributed by atoms with Crippen LogP contribution in [-0.2, 0) is 13.1 Å². The van der Waals surface area contributed by atoms with Crippen molar-refractivity contribution in [3.05, 3.63) is 18.2 Å². The average molecular weight is 278 g/mol. The van der Waals surface area contributed by atoms with Gasteiger partial charge >= 0.3 is 0 Å². The Balaban J connectivity index is 1.94. The summed E-state index contributed by atoms with van der Waals surface area (Å²) in [5.74, 6) is 1.15. The first-order chi connectivity index (χ1) is 9.31. The summed E-state index contributed by atoms with van der Waals surface area (Å²) in [4.78, 5) is 4.48. The van der Waals surface area contributed by atoms with E-state index in [1.807, 2.05) is 6.20 Å². The molecule has 1 aliphatic heterocycles. The normalized spacial score (nSPS) is 22.1. The molecular weight excluding hydrogens is 248 g/mol. The number of aromatic nitrogens is 2. The molecule has 20 heavy (non-hydrogen) atoms. The standard InChI is InChI=1S/C16H30N4/c1-6-8-20-9-7-17-14(20)12-18-13-10-15(2,3)19-16(4,5)11-13/h7,9,13,18-19H,6,8,10-12H2,1-5H3. The number of imidazole rings is 1. The number of aryl methyl sites for hydroxylation is 1. The third-order valence-electron chi connectivity index (χ3n) is 4.01. The summed E-state index contributed by atoms with van der Waals surface area (Å²) in [5, 5.41) is 7.44. The minimum atomic E-state index is 0.193. The topological polar surface area (TPSA) is 41.9 Å². The van der Waals surface area contributed by atoms with E-state index in [2.05, 4.69) is 61.0 Å². The van der Waals surface area contributed by atoms with Crippen LogP contribution in [0.2, 0.25) is 0 Å². The summed E-state index contributed by atoms with van der Waals surface area (Å²) in [6.45, 7) is 13.3. The Morgan fingerprint density at radius 1 is 1.30 bits per heavy atom. The van der Waals surface area contributed by atoms with Gasteiger partial charge in [0.1, 0.15) is 5.82 Å². The second kappa shape index (κ2) is 5.86. The summed E-state index contributed by atoms with van der Waals surface area (Å²) >= 11 is 0. The molecule has 2 rings (SSSR count). The lowest BCUT2D eigenvalue weighted by atomic mass is 9.79. The van der Waals surface area contributed by atoms with Crippen molar-refractivity contribution in [3.63, 3.8) is 0 Å². The van der Waals surface area contributed by atoms with E-state index in [1.165, 1.54) is 0 Å². The summed E-state index contributed by atoms with van der Waals surface area (Å²) < 4.78 is 2.25. The molecular formula is C16H30N4. The largest absolute Gasteiger partial charge is 0.334 e. The summed E-state index contributed by atoms with van der Waals surface area (Å²) in [7, 11) is 0. The van der Waals surface area contributed by atoms with Gasteiger partial charge in [0.05, 0.1) is 6.54 Å². The van der Waals surface area contributed by atoms with E-state index >= 15 is 0 Å². The van der Waals surface area contributed by atoms with Gasteiger partial charge in [-0.25, -0.2) is 4.98 Å². The number of nitrogens with one attached hydrogen (secondary N) is 2. The van der Waals surface area contributed by atoms with Gasteiger partial charge in [-0.05, 0) is 47.0 Å². The molecule has 1 saturated heterocycles. The molecule has 1 fully saturated rings. The maximum absolute atomic E-state index is 4.48. The van der Waals surface area contributed by atoms with Gasteiger partial charge in [0.15, 0.2) is 0 Å². The van der Waals surface area contributed by atoms with Crippen molar-refractivity contribution in [2.45, 2.75) is 84.1 Å². The van der Waals surface area contributed by atoms with Gasteiger partial charge in [-0.15, -0.1) is 0 Å². The minimum Gasteiger partial charge on any atom is -0.334 e. The van der Waals surface area contributed by atoms with Gasteiger partial charge in [0.2, 0.25) is 0 Å². The van der Waals surface area contributed by atoms with Crippen molar-refractivity contribution < 1.29 is 0 Å². The molecule has 4 heteroatoms. The Morgan fingerprint density at radius 3 is 2.55 bits per heavy atom. The second-order valence-electron chi connectivity index (χ2n) is 7.42. The van der Waals surface area contributed by atoms with E-state index in [0.29, 0.717) is 6.04 Å². The molecule has 0 aromatic carbocycles. The molecule has 0 atom stereocenters. The lowest BCUT2D eigenvalue weighted by Crippen LogP contribution is -2.61. The third-order valence-corrected chi connectivity index (χ3v) is 4.01. The number of rotatable bonds is 5. The predicted octanol–water partition coefficient (Wildman–Crippen LogP) is 2.69. The lowest BCUT2D eigenvalue weighted by Gasteiger charge is -2.46. The molecule has 114 valence electrons. The first kappa shape index (κ1) is 15.5. The second-order valence-corrected chi connectivity index (χ2v) is 7.42. The van der Waals surface area contributed by atoms with E-state index in [4.69, 9.17) is 0 Å². The first-order valence-corrected chi connectivity index (χ1v) is 7.84. The molecule has 1 aromatic rings. The average Bonchev–Trinajstić information content (AvgIpc) is 2.70. The van der Waals surface area contributed by atoms with E-state index in [0.717, 1.165) is 38.2 Å². The molecule has 0 spiro atoms. The van der Waals surface area contributed by atoms with Gasteiger partial charge in [0.25, 0.3) is 0 Å². The highest BCUT2D eigenvalue weighted by molar-refractivity contribution is 5.00. The molecule has 1 aromatic heterocycles. The Bertz CT molecular complexity index is 417. The van der Waals surface area contributed by atoms with Crippen molar-refractivity contribution in [3.8, 4) is 0 Å². The maximum Gasteiger partial charge on any atom is 0.122 e.